The van der Waals surface area contributed by atoms with E-state index in [2.05, 4.69) is 31.9 Å². The normalized spacial score (nSPS) is 10.7. The van der Waals surface area contributed by atoms with Gasteiger partial charge in [-0.05, 0) is 5.56 Å². The van der Waals surface area contributed by atoms with E-state index in [1.807, 2.05) is 36.3 Å². The molecule has 0 saturated carbocycles. The van der Waals surface area contributed by atoms with Crippen LogP contribution in [0.1, 0.15) is 11.4 Å². The average Bonchev–Trinajstić information content (AvgIpc) is 2.98. The second-order valence-corrected chi connectivity index (χ2v) is 5.59. The van der Waals surface area contributed by atoms with E-state index in [9.17, 15) is 4.79 Å². The van der Waals surface area contributed by atoms with E-state index >= 15 is 0 Å². The molecule has 3 rings (SSSR count). The fourth-order valence-electron chi connectivity index (χ4n) is 2.35. The summed E-state index contributed by atoms with van der Waals surface area (Å²) < 4.78 is 2.07. The van der Waals surface area contributed by atoms with Gasteiger partial charge in [0.2, 0.25) is 0 Å². The minimum Gasteiger partial charge on any atom is -0.364 e. The van der Waals surface area contributed by atoms with E-state index in [-0.39, 0.29) is 5.02 Å². The van der Waals surface area contributed by atoms with Gasteiger partial charge in [0.1, 0.15) is 10.8 Å². The van der Waals surface area contributed by atoms with E-state index < -0.39 is 5.56 Å². The van der Waals surface area contributed by atoms with Crippen LogP contribution in [-0.4, -0.2) is 26.8 Å². The summed E-state index contributed by atoms with van der Waals surface area (Å²) in [5.41, 5.74) is 1.37. The highest BCUT2D eigenvalue weighted by atomic mass is 35.5. The molecule has 0 atom stereocenters. The third kappa shape index (κ3) is 3.43. The molecule has 118 valence electrons. The lowest BCUT2D eigenvalue weighted by atomic mass is 10.2. The number of aromatic nitrogens is 4. The predicted octanol–water partition coefficient (Wildman–Crippen LogP) is 2.30. The number of anilines is 1. The Hall–Kier alpha value is -2.60. The van der Waals surface area contributed by atoms with E-state index in [4.69, 9.17) is 11.6 Å². The maximum atomic E-state index is 11.6. The zero-order valence-electron chi connectivity index (χ0n) is 12.6. The largest absolute Gasteiger partial charge is 0.364 e. The van der Waals surface area contributed by atoms with Gasteiger partial charge >= 0.3 is 0 Å². The molecule has 6 nitrogen and oxygen atoms in total. The number of benzene rings is 1. The molecule has 1 aromatic carbocycles. The van der Waals surface area contributed by atoms with Crippen molar-refractivity contribution in [1.82, 2.24) is 19.7 Å². The van der Waals surface area contributed by atoms with Gasteiger partial charge in [0, 0.05) is 26.0 Å². The molecule has 3 aromatic rings. The van der Waals surface area contributed by atoms with Crippen LogP contribution in [0.25, 0.3) is 0 Å². The van der Waals surface area contributed by atoms with Crippen molar-refractivity contribution < 1.29 is 0 Å². The summed E-state index contributed by atoms with van der Waals surface area (Å²) in [5.74, 6) is 0.882. The number of rotatable bonds is 5. The first kappa shape index (κ1) is 15.3. The molecular weight excluding hydrogens is 314 g/mol. The maximum Gasteiger partial charge on any atom is 0.285 e. The van der Waals surface area contributed by atoms with Crippen molar-refractivity contribution in [1.29, 1.82) is 0 Å². The number of aromatic amines is 1. The molecule has 0 fully saturated rings. The third-order valence-electron chi connectivity index (χ3n) is 3.56. The van der Waals surface area contributed by atoms with Crippen LogP contribution in [-0.2, 0) is 13.1 Å². The van der Waals surface area contributed by atoms with Gasteiger partial charge in [-0.2, -0.15) is 5.10 Å². The van der Waals surface area contributed by atoms with Crippen molar-refractivity contribution in [3.05, 3.63) is 75.7 Å². The van der Waals surface area contributed by atoms with Gasteiger partial charge in [-0.3, -0.25) is 4.79 Å². The highest BCUT2D eigenvalue weighted by molar-refractivity contribution is 6.32. The van der Waals surface area contributed by atoms with Crippen molar-refractivity contribution in [2.24, 2.45) is 0 Å². The predicted molar refractivity (Wildman–Crippen MR) is 89.7 cm³/mol. The van der Waals surface area contributed by atoms with Crippen LogP contribution >= 0.6 is 11.6 Å². The summed E-state index contributed by atoms with van der Waals surface area (Å²) >= 11 is 6.05. The maximum absolute atomic E-state index is 11.6. The van der Waals surface area contributed by atoms with E-state index in [1.165, 1.54) is 11.8 Å². The molecule has 2 aromatic heterocycles. The Morgan fingerprint density at radius 1 is 1.30 bits per heavy atom. The van der Waals surface area contributed by atoms with Crippen LogP contribution in [0.2, 0.25) is 5.02 Å². The first-order chi connectivity index (χ1) is 11.1. The molecule has 0 radical (unpaired) electrons. The Morgan fingerprint density at radius 3 is 2.87 bits per heavy atom. The van der Waals surface area contributed by atoms with E-state index in [0.717, 1.165) is 12.4 Å². The fraction of sp³-hybridized carbons (Fsp3) is 0.188. The van der Waals surface area contributed by atoms with Gasteiger partial charge in [-0.1, -0.05) is 41.9 Å². The molecule has 0 aliphatic rings. The number of H-pyrrole nitrogens is 1. The lowest BCUT2D eigenvalue weighted by Gasteiger charge is -2.19. The molecule has 2 heterocycles. The highest BCUT2D eigenvalue weighted by Gasteiger charge is 2.13. The number of hydrogen-bond acceptors (Lipinski definition) is 4. The quantitative estimate of drug-likeness (QED) is 0.780. The highest BCUT2D eigenvalue weighted by Crippen LogP contribution is 2.20. The van der Waals surface area contributed by atoms with Crippen LogP contribution in [0.4, 0.5) is 5.69 Å². The molecule has 0 aliphatic carbocycles. The zero-order valence-corrected chi connectivity index (χ0v) is 13.4. The van der Waals surface area contributed by atoms with Crippen LogP contribution in [0, 0.1) is 0 Å². The molecule has 23 heavy (non-hydrogen) atoms. The monoisotopic (exact) mass is 329 g/mol. The lowest BCUT2D eigenvalue weighted by molar-refractivity contribution is 0.706. The minimum absolute atomic E-state index is 0.128. The van der Waals surface area contributed by atoms with Crippen molar-refractivity contribution >= 4 is 17.3 Å². The number of hydrogen-bond donors (Lipinski definition) is 1. The molecule has 0 saturated heterocycles. The molecule has 1 N–H and O–H groups in total. The third-order valence-corrected chi connectivity index (χ3v) is 3.93. The number of nitrogens with one attached hydrogen (secondary N) is 1. The summed E-state index contributed by atoms with van der Waals surface area (Å²) in [7, 11) is 1.85. The molecule has 0 spiro atoms. The molecule has 0 amide bonds. The van der Waals surface area contributed by atoms with Crippen LogP contribution in [0.15, 0.2) is 53.7 Å². The Morgan fingerprint density at radius 2 is 2.09 bits per heavy atom. The van der Waals surface area contributed by atoms with Crippen molar-refractivity contribution in [2.45, 2.75) is 13.1 Å². The number of imidazole rings is 1. The summed E-state index contributed by atoms with van der Waals surface area (Å²) in [6, 6.07) is 10.2. The Balaban J connectivity index is 1.80. The lowest BCUT2D eigenvalue weighted by Crippen LogP contribution is -2.23. The number of halogens is 1. The van der Waals surface area contributed by atoms with Gasteiger partial charge in [0.05, 0.1) is 18.4 Å². The number of nitrogens with zero attached hydrogens (tertiary/aromatic N) is 4. The molecule has 0 aliphatic heterocycles. The van der Waals surface area contributed by atoms with Crippen LogP contribution < -0.4 is 10.5 Å². The fourth-order valence-corrected chi connectivity index (χ4v) is 2.59. The van der Waals surface area contributed by atoms with Gasteiger partial charge in [0.25, 0.3) is 5.56 Å². The molecule has 0 unspecified atom stereocenters. The molecular formula is C16H16ClN5O. The first-order valence-corrected chi connectivity index (χ1v) is 7.51. The van der Waals surface area contributed by atoms with Crippen molar-refractivity contribution in [3.8, 4) is 0 Å². The second-order valence-electron chi connectivity index (χ2n) is 5.21. The average molecular weight is 330 g/mol. The Labute approximate surface area is 138 Å². The zero-order chi connectivity index (χ0) is 16.2. The van der Waals surface area contributed by atoms with Gasteiger partial charge in [-0.25, -0.2) is 10.1 Å². The van der Waals surface area contributed by atoms with E-state index in [1.54, 1.807) is 6.20 Å². The second kappa shape index (κ2) is 6.66. The summed E-state index contributed by atoms with van der Waals surface area (Å²) in [6.07, 6.45) is 5.24. The molecule has 0 bridgehead atoms. The van der Waals surface area contributed by atoms with E-state index in [0.29, 0.717) is 12.2 Å². The Bertz CT molecular complexity index is 843. The van der Waals surface area contributed by atoms with Gasteiger partial charge in [-0.15, -0.1) is 0 Å². The van der Waals surface area contributed by atoms with Gasteiger partial charge in [0.15, 0.2) is 0 Å². The summed E-state index contributed by atoms with van der Waals surface area (Å²) in [6.45, 7) is 1.26. The van der Waals surface area contributed by atoms with Crippen molar-refractivity contribution in [2.75, 3.05) is 11.9 Å². The molecule has 7 heteroatoms. The minimum atomic E-state index is -0.399. The standard InChI is InChI=1S/C16H16ClN5O/c1-21(13-9-19-20-16(23)15(13)17)11-14-18-7-8-22(14)10-12-5-3-2-4-6-12/h2-9H,10-11H2,1H3,(H,20,23). The van der Waals surface area contributed by atoms with Gasteiger partial charge < -0.3 is 9.47 Å². The summed E-state index contributed by atoms with van der Waals surface area (Å²) in [4.78, 5) is 17.8. The Kier molecular flexibility index (Phi) is 4.43. The van der Waals surface area contributed by atoms with Crippen molar-refractivity contribution in [3.63, 3.8) is 0 Å². The van der Waals surface area contributed by atoms with Crippen LogP contribution in [0.3, 0.4) is 0 Å². The first-order valence-electron chi connectivity index (χ1n) is 7.13. The SMILES string of the molecule is CN(Cc1nccn1Cc1ccccc1)c1cn[nH]c(=O)c1Cl. The summed E-state index contributed by atoms with van der Waals surface area (Å²) in [5, 5.41) is 6.24. The van der Waals surface area contributed by atoms with Crippen LogP contribution in [0.5, 0.6) is 0 Å². The topological polar surface area (TPSA) is 66.8 Å². The smallest absolute Gasteiger partial charge is 0.285 e.